The van der Waals surface area contributed by atoms with Crippen LogP contribution in [-0.4, -0.2) is 20.0 Å². The van der Waals surface area contributed by atoms with Crippen molar-refractivity contribution in [1.29, 1.82) is 0 Å². The number of hydrogen-bond acceptors (Lipinski definition) is 4. The summed E-state index contributed by atoms with van der Waals surface area (Å²) in [5.41, 5.74) is 7.54. The second-order valence-electron chi connectivity index (χ2n) is 4.40. The van der Waals surface area contributed by atoms with Crippen LogP contribution in [0.1, 0.15) is 15.9 Å². The smallest absolute Gasteiger partial charge is 0.185 e. The highest BCUT2D eigenvalue weighted by Crippen LogP contribution is 2.29. The Morgan fingerprint density at radius 2 is 1.57 bits per heavy atom. The van der Waals surface area contributed by atoms with Gasteiger partial charge in [0.25, 0.3) is 0 Å². The molecule has 2 N–H and O–H groups in total. The SMILES string of the molecule is COc1cccc(OC)c1/C=C/C(=O)c1ccc(N)cc1. The molecule has 2 aromatic carbocycles. The number of ether oxygens (including phenoxy) is 2. The second kappa shape index (κ2) is 6.61. The van der Waals surface area contributed by atoms with Crippen molar-refractivity contribution in [3.8, 4) is 11.5 Å². The number of methoxy groups -OCH3 is 2. The first-order valence-electron chi connectivity index (χ1n) is 6.44. The summed E-state index contributed by atoms with van der Waals surface area (Å²) in [5.74, 6) is 1.19. The Bertz CT molecular complexity index is 638. The molecule has 0 bridgehead atoms. The van der Waals surface area contributed by atoms with Crippen LogP contribution >= 0.6 is 0 Å². The minimum atomic E-state index is -0.108. The van der Waals surface area contributed by atoms with E-state index in [4.69, 9.17) is 15.2 Å². The summed E-state index contributed by atoms with van der Waals surface area (Å²) in [6.07, 6.45) is 3.18. The molecular weight excluding hydrogens is 266 g/mol. The highest BCUT2D eigenvalue weighted by Gasteiger charge is 2.07. The molecule has 0 heterocycles. The maximum Gasteiger partial charge on any atom is 0.185 e. The number of carbonyl (C=O) groups excluding carboxylic acids is 1. The van der Waals surface area contributed by atoms with Gasteiger partial charge in [-0.1, -0.05) is 6.07 Å². The predicted molar refractivity (Wildman–Crippen MR) is 83.8 cm³/mol. The highest BCUT2D eigenvalue weighted by atomic mass is 16.5. The number of hydrogen-bond donors (Lipinski definition) is 1. The van der Waals surface area contributed by atoms with E-state index in [-0.39, 0.29) is 5.78 Å². The molecule has 0 radical (unpaired) electrons. The summed E-state index contributed by atoms with van der Waals surface area (Å²) in [7, 11) is 3.15. The van der Waals surface area contributed by atoms with Gasteiger partial charge in [0.15, 0.2) is 5.78 Å². The number of nitrogens with two attached hydrogens (primary N) is 1. The molecule has 0 aliphatic heterocycles. The predicted octanol–water partition coefficient (Wildman–Crippen LogP) is 3.18. The van der Waals surface area contributed by atoms with E-state index in [0.717, 1.165) is 5.56 Å². The fourth-order valence-corrected chi connectivity index (χ4v) is 1.95. The lowest BCUT2D eigenvalue weighted by molar-refractivity contribution is 0.104. The molecular formula is C17H17NO3. The van der Waals surface area contributed by atoms with E-state index in [1.165, 1.54) is 6.08 Å². The Hall–Kier alpha value is -2.75. The Morgan fingerprint density at radius 3 is 2.10 bits per heavy atom. The van der Waals surface area contributed by atoms with Crippen molar-refractivity contribution < 1.29 is 14.3 Å². The molecule has 0 aromatic heterocycles. The number of rotatable bonds is 5. The lowest BCUT2D eigenvalue weighted by atomic mass is 10.1. The van der Waals surface area contributed by atoms with E-state index >= 15 is 0 Å². The maximum absolute atomic E-state index is 12.1. The number of anilines is 1. The maximum atomic E-state index is 12.1. The van der Waals surface area contributed by atoms with E-state index in [1.54, 1.807) is 44.6 Å². The first-order chi connectivity index (χ1) is 10.2. The number of nitrogen functional groups attached to an aromatic ring is 1. The first-order valence-corrected chi connectivity index (χ1v) is 6.44. The first kappa shape index (κ1) is 14.7. The molecule has 0 amide bonds. The molecule has 0 saturated carbocycles. The quantitative estimate of drug-likeness (QED) is 0.520. The highest BCUT2D eigenvalue weighted by molar-refractivity contribution is 6.07. The summed E-state index contributed by atoms with van der Waals surface area (Å²) >= 11 is 0. The van der Waals surface area contributed by atoms with Gasteiger partial charge >= 0.3 is 0 Å². The van der Waals surface area contributed by atoms with E-state index in [0.29, 0.717) is 22.7 Å². The molecule has 2 rings (SSSR count). The molecule has 0 aliphatic carbocycles. The topological polar surface area (TPSA) is 61.5 Å². The van der Waals surface area contributed by atoms with Gasteiger partial charge in [0.1, 0.15) is 11.5 Å². The van der Waals surface area contributed by atoms with Crippen molar-refractivity contribution in [3.63, 3.8) is 0 Å². The number of benzene rings is 2. The minimum Gasteiger partial charge on any atom is -0.496 e. The molecule has 4 heteroatoms. The molecule has 0 saturated heterocycles. The van der Waals surface area contributed by atoms with Gasteiger partial charge in [-0.3, -0.25) is 4.79 Å². The van der Waals surface area contributed by atoms with Crippen LogP contribution in [0.5, 0.6) is 11.5 Å². The molecule has 4 nitrogen and oxygen atoms in total. The van der Waals surface area contributed by atoms with Crippen LogP contribution < -0.4 is 15.2 Å². The summed E-state index contributed by atoms with van der Waals surface area (Å²) in [6.45, 7) is 0. The van der Waals surface area contributed by atoms with Gasteiger partial charge in [-0.05, 0) is 48.6 Å². The average Bonchev–Trinajstić information content (AvgIpc) is 2.52. The molecule has 0 unspecified atom stereocenters. The van der Waals surface area contributed by atoms with Crippen molar-refractivity contribution in [2.24, 2.45) is 0 Å². The lowest BCUT2D eigenvalue weighted by Gasteiger charge is -2.09. The van der Waals surface area contributed by atoms with Gasteiger partial charge in [0.05, 0.1) is 19.8 Å². The van der Waals surface area contributed by atoms with E-state index in [2.05, 4.69) is 0 Å². The van der Waals surface area contributed by atoms with E-state index < -0.39 is 0 Å². The minimum absolute atomic E-state index is 0.108. The van der Waals surface area contributed by atoms with Crippen LogP contribution in [0.25, 0.3) is 6.08 Å². The molecule has 0 spiro atoms. The fourth-order valence-electron chi connectivity index (χ4n) is 1.95. The Morgan fingerprint density at radius 1 is 1.00 bits per heavy atom. The van der Waals surface area contributed by atoms with Crippen molar-refractivity contribution >= 4 is 17.5 Å². The zero-order valence-electron chi connectivity index (χ0n) is 12.0. The largest absolute Gasteiger partial charge is 0.496 e. The van der Waals surface area contributed by atoms with Gasteiger partial charge in [0, 0.05) is 11.3 Å². The molecule has 2 aromatic rings. The van der Waals surface area contributed by atoms with Crippen molar-refractivity contribution in [2.75, 3.05) is 20.0 Å². The molecule has 0 fully saturated rings. The monoisotopic (exact) mass is 283 g/mol. The fraction of sp³-hybridized carbons (Fsp3) is 0.118. The Labute approximate surface area is 123 Å². The third-order valence-corrected chi connectivity index (χ3v) is 3.06. The summed E-state index contributed by atoms with van der Waals surface area (Å²) in [6, 6.07) is 12.3. The van der Waals surface area contributed by atoms with Gasteiger partial charge in [-0.15, -0.1) is 0 Å². The zero-order valence-corrected chi connectivity index (χ0v) is 12.0. The van der Waals surface area contributed by atoms with Crippen LogP contribution in [0.4, 0.5) is 5.69 Å². The second-order valence-corrected chi connectivity index (χ2v) is 4.40. The zero-order chi connectivity index (χ0) is 15.2. The standard InChI is InChI=1S/C17H17NO3/c1-20-16-4-3-5-17(21-2)14(16)10-11-15(19)12-6-8-13(18)9-7-12/h3-11H,18H2,1-2H3/b11-10+. The van der Waals surface area contributed by atoms with Gasteiger partial charge in [0.2, 0.25) is 0 Å². The summed E-state index contributed by atoms with van der Waals surface area (Å²) in [5, 5.41) is 0. The lowest BCUT2D eigenvalue weighted by Crippen LogP contribution is -1.96. The van der Waals surface area contributed by atoms with Crippen LogP contribution in [0.3, 0.4) is 0 Å². The third-order valence-electron chi connectivity index (χ3n) is 3.06. The van der Waals surface area contributed by atoms with Gasteiger partial charge in [-0.2, -0.15) is 0 Å². The molecule has 21 heavy (non-hydrogen) atoms. The Kier molecular flexibility index (Phi) is 4.61. The average molecular weight is 283 g/mol. The van der Waals surface area contributed by atoms with Crippen LogP contribution in [0, 0.1) is 0 Å². The number of ketones is 1. The molecule has 0 aliphatic rings. The van der Waals surface area contributed by atoms with Crippen LogP contribution in [-0.2, 0) is 0 Å². The summed E-state index contributed by atoms with van der Waals surface area (Å²) in [4.78, 5) is 12.1. The van der Waals surface area contributed by atoms with E-state index in [9.17, 15) is 4.79 Å². The van der Waals surface area contributed by atoms with Gasteiger partial charge < -0.3 is 15.2 Å². The van der Waals surface area contributed by atoms with E-state index in [1.807, 2.05) is 18.2 Å². The summed E-state index contributed by atoms with van der Waals surface area (Å²) < 4.78 is 10.6. The van der Waals surface area contributed by atoms with Crippen molar-refractivity contribution in [3.05, 3.63) is 59.7 Å². The number of allylic oxidation sites excluding steroid dienone is 1. The Balaban J connectivity index is 2.28. The van der Waals surface area contributed by atoms with Crippen LogP contribution in [0.2, 0.25) is 0 Å². The third kappa shape index (κ3) is 3.42. The molecule has 0 atom stereocenters. The molecule has 108 valence electrons. The van der Waals surface area contributed by atoms with Crippen molar-refractivity contribution in [2.45, 2.75) is 0 Å². The van der Waals surface area contributed by atoms with Crippen LogP contribution in [0.15, 0.2) is 48.5 Å². The van der Waals surface area contributed by atoms with Gasteiger partial charge in [-0.25, -0.2) is 0 Å². The van der Waals surface area contributed by atoms with Crippen molar-refractivity contribution in [1.82, 2.24) is 0 Å². The normalized spacial score (nSPS) is 10.6. The number of carbonyl (C=O) groups is 1.